The molecule has 1 aliphatic heterocycles. The van der Waals surface area contributed by atoms with E-state index >= 15 is 0 Å². The predicted octanol–water partition coefficient (Wildman–Crippen LogP) is 0.215. The fourth-order valence-electron chi connectivity index (χ4n) is 1.78. The molecule has 0 bridgehead atoms. The van der Waals surface area contributed by atoms with Crippen LogP contribution in [0.3, 0.4) is 0 Å². The molecule has 1 heterocycles. The second-order valence-corrected chi connectivity index (χ2v) is 4.24. The van der Waals surface area contributed by atoms with Crippen molar-refractivity contribution in [2.24, 2.45) is 0 Å². The smallest absolute Gasteiger partial charge is 0.246 e. The molecule has 0 atom stereocenters. The van der Waals surface area contributed by atoms with Gasteiger partial charge in [-0.2, -0.15) is 0 Å². The summed E-state index contributed by atoms with van der Waals surface area (Å²) in [7, 11) is 3.93. The van der Waals surface area contributed by atoms with Crippen molar-refractivity contribution in [1.82, 2.24) is 5.32 Å². The molecule has 1 aromatic rings. The van der Waals surface area contributed by atoms with Gasteiger partial charge in [-0.15, -0.1) is 0 Å². The number of nitrogens with zero attached hydrogens (tertiary/aromatic N) is 2. The standard InChI is InChI=1S/C12H15N3O2/c1-14(2)9-3-5-10(6-4-9)15-7-11(16)13-12(17)8-15/h3-6H,7-8H2,1-2H3,(H,13,16,17). The molecule has 1 fully saturated rings. The van der Waals surface area contributed by atoms with Crippen molar-refractivity contribution in [2.75, 3.05) is 37.0 Å². The zero-order chi connectivity index (χ0) is 12.4. The van der Waals surface area contributed by atoms with Gasteiger partial charge in [-0.3, -0.25) is 14.9 Å². The lowest BCUT2D eigenvalue weighted by Gasteiger charge is -2.27. The fourth-order valence-corrected chi connectivity index (χ4v) is 1.78. The maximum Gasteiger partial charge on any atom is 0.246 e. The Morgan fingerprint density at radius 3 is 2.06 bits per heavy atom. The SMILES string of the molecule is CN(C)c1ccc(N2CC(=O)NC(=O)C2)cc1. The molecule has 0 aromatic heterocycles. The van der Waals surface area contributed by atoms with Crippen LogP contribution in [0.25, 0.3) is 0 Å². The Labute approximate surface area is 100 Å². The highest BCUT2D eigenvalue weighted by atomic mass is 16.2. The molecule has 0 spiro atoms. The monoisotopic (exact) mass is 233 g/mol. The van der Waals surface area contributed by atoms with Crippen molar-refractivity contribution >= 4 is 23.2 Å². The molecule has 2 amide bonds. The molecule has 1 aromatic carbocycles. The number of carbonyl (C=O) groups is 2. The Kier molecular flexibility index (Phi) is 2.99. The summed E-state index contributed by atoms with van der Waals surface area (Å²) in [5, 5.41) is 2.28. The molecular weight excluding hydrogens is 218 g/mol. The molecule has 90 valence electrons. The third-order valence-corrected chi connectivity index (χ3v) is 2.68. The number of piperazine rings is 1. The summed E-state index contributed by atoms with van der Waals surface area (Å²) in [5.41, 5.74) is 1.97. The van der Waals surface area contributed by atoms with Gasteiger partial charge in [0.25, 0.3) is 0 Å². The molecule has 0 saturated carbocycles. The highest BCUT2D eigenvalue weighted by molar-refractivity contribution is 6.02. The Hall–Kier alpha value is -2.04. The van der Waals surface area contributed by atoms with E-state index in [1.165, 1.54) is 0 Å². The molecule has 0 unspecified atom stereocenters. The van der Waals surface area contributed by atoms with Crippen LogP contribution in [0.5, 0.6) is 0 Å². The number of imide groups is 1. The van der Waals surface area contributed by atoms with Crippen molar-refractivity contribution in [3.8, 4) is 0 Å². The first-order valence-corrected chi connectivity index (χ1v) is 5.41. The van der Waals surface area contributed by atoms with Gasteiger partial charge in [0.2, 0.25) is 11.8 Å². The van der Waals surface area contributed by atoms with Crippen molar-refractivity contribution in [3.63, 3.8) is 0 Å². The van der Waals surface area contributed by atoms with Gasteiger partial charge in [0, 0.05) is 25.5 Å². The van der Waals surface area contributed by atoms with E-state index in [0.29, 0.717) is 0 Å². The normalized spacial score (nSPS) is 15.8. The van der Waals surface area contributed by atoms with E-state index in [9.17, 15) is 9.59 Å². The fraction of sp³-hybridized carbons (Fsp3) is 0.333. The Morgan fingerprint density at radius 1 is 1.06 bits per heavy atom. The topological polar surface area (TPSA) is 52.6 Å². The average molecular weight is 233 g/mol. The Morgan fingerprint density at radius 2 is 1.59 bits per heavy atom. The molecule has 1 saturated heterocycles. The lowest BCUT2D eigenvalue weighted by Crippen LogP contribution is -2.51. The van der Waals surface area contributed by atoms with Crippen LogP contribution in [0, 0.1) is 0 Å². The van der Waals surface area contributed by atoms with Gasteiger partial charge in [0.1, 0.15) is 0 Å². The molecule has 1 N–H and O–H groups in total. The van der Waals surface area contributed by atoms with Crippen molar-refractivity contribution in [1.29, 1.82) is 0 Å². The summed E-state index contributed by atoms with van der Waals surface area (Å²) in [6, 6.07) is 7.76. The maximum absolute atomic E-state index is 11.3. The maximum atomic E-state index is 11.3. The number of anilines is 2. The lowest BCUT2D eigenvalue weighted by atomic mass is 10.2. The van der Waals surface area contributed by atoms with Gasteiger partial charge in [0.05, 0.1) is 13.1 Å². The van der Waals surface area contributed by atoms with Gasteiger partial charge in [-0.25, -0.2) is 0 Å². The van der Waals surface area contributed by atoms with Crippen LogP contribution in [0.4, 0.5) is 11.4 Å². The minimum absolute atomic E-state index is 0.229. The van der Waals surface area contributed by atoms with Gasteiger partial charge in [0.15, 0.2) is 0 Å². The molecule has 5 nitrogen and oxygen atoms in total. The minimum Gasteiger partial charge on any atom is -0.378 e. The zero-order valence-corrected chi connectivity index (χ0v) is 9.93. The summed E-state index contributed by atoms with van der Waals surface area (Å²) in [4.78, 5) is 26.3. The Bertz CT molecular complexity index is 424. The van der Waals surface area contributed by atoms with E-state index in [-0.39, 0.29) is 24.9 Å². The van der Waals surface area contributed by atoms with Crippen molar-refractivity contribution < 1.29 is 9.59 Å². The van der Waals surface area contributed by atoms with Gasteiger partial charge in [-0.1, -0.05) is 0 Å². The van der Waals surface area contributed by atoms with E-state index in [0.717, 1.165) is 11.4 Å². The van der Waals surface area contributed by atoms with E-state index in [4.69, 9.17) is 0 Å². The highest BCUT2D eigenvalue weighted by Crippen LogP contribution is 2.19. The predicted molar refractivity (Wildman–Crippen MR) is 66.1 cm³/mol. The second-order valence-electron chi connectivity index (χ2n) is 4.24. The summed E-state index contributed by atoms with van der Waals surface area (Å²) in [5.74, 6) is -0.504. The largest absolute Gasteiger partial charge is 0.378 e. The summed E-state index contributed by atoms with van der Waals surface area (Å²) >= 11 is 0. The van der Waals surface area contributed by atoms with Crippen LogP contribution in [-0.4, -0.2) is 39.0 Å². The highest BCUT2D eigenvalue weighted by Gasteiger charge is 2.22. The molecule has 0 aliphatic carbocycles. The molecule has 17 heavy (non-hydrogen) atoms. The number of nitrogens with one attached hydrogen (secondary N) is 1. The zero-order valence-electron chi connectivity index (χ0n) is 9.93. The third kappa shape index (κ3) is 2.55. The van der Waals surface area contributed by atoms with E-state index in [2.05, 4.69) is 5.32 Å². The van der Waals surface area contributed by atoms with E-state index in [1.807, 2.05) is 43.3 Å². The van der Waals surface area contributed by atoms with Crippen LogP contribution < -0.4 is 15.1 Å². The second kappa shape index (κ2) is 4.45. The summed E-state index contributed by atoms with van der Waals surface area (Å²) in [6.45, 7) is 0.458. The molecule has 0 radical (unpaired) electrons. The number of benzene rings is 1. The number of rotatable bonds is 2. The molecular formula is C12H15N3O2. The summed E-state index contributed by atoms with van der Waals surface area (Å²) < 4.78 is 0. The van der Waals surface area contributed by atoms with Crippen LogP contribution in [0.1, 0.15) is 0 Å². The molecule has 2 rings (SSSR count). The van der Waals surface area contributed by atoms with Crippen molar-refractivity contribution in [2.45, 2.75) is 0 Å². The summed E-state index contributed by atoms with van der Waals surface area (Å²) in [6.07, 6.45) is 0. The minimum atomic E-state index is -0.252. The van der Waals surface area contributed by atoms with Crippen LogP contribution in [0.2, 0.25) is 0 Å². The lowest BCUT2D eigenvalue weighted by molar-refractivity contribution is -0.130. The van der Waals surface area contributed by atoms with Crippen LogP contribution in [-0.2, 0) is 9.59 Å². The third-order valence-electron chi connectivity index (χ3n) is 2.68. The van der Waals surface area contributed by atoms with Gasteiger partial charge >= 0.3 is 0 Å². The van der Waals surface area contributed by atoms with E-state index < -0.39 is 0 Å². The molecule has 5 heteroatoms. The average Bonchev–Trinajstić information content (AvgIpc) is 2.28. The van der Waals surface area contributed by atoms with Crippen LogP contribution >= 0.6 is 0 Å². The number of hydrogen-bond acceptors (Lipinski definition) is 4. The van der Waals surface area contributed by atoms with Crippen LogP contribution in [0.15, 0.2) is 24.3 Å². The first-order valence-electron chi connectivity index (χ1n) is 5.41. The van der Waals surface area contributed by atoms with Gasteiger partial charge < -0.3 is 9.80 Å². The first kappa shape index (κ1) is 11.4. The number of carbonyl (C=O) groups excluding carboxylic acids is 2. The quantitative estimate of drug-likeness (QED) is 0.742. The first-order chi connectivity index (χ1) is 8.06. The Balaban J connectivity index is 2.16. The molecule has 1 aliphatic rings. The van der Waals surface area contributed by atoms with Gasteiger partial charge in [-0.05, 0) is 24.3 Å². The number of amides is 2. The van der Waals surface area contributed by atoms with Crippen molar-refractivity contribution in [3.05, 3.63) is 24.3 Å². The van der Waals surface area contributed by atoms with E-state index in [1.54, 1.807) is 4.90 Å². The number of hydrogen-bond donors (Lipinski definition) is 1.